The minimum Gasteiger partial charge on any atom is -0.486 e. The first-order chi connectivity index (χ1) is 13.0. The summed E-state index contributed by atoms with van der Waals surface area (Å²) in [4.78, 5) is 12.9. The van der Waals surface area contributed by atoms with Crippen LogP contribution in [0, 0.1) is 18.6 Å². The molecule has 3 aromatic rings. The molecule has 0 spiro atoms. The normalized spacial score (nSPS) is 10.8. The molecule has 0 aliphatic rings. The van der Waals surface area contributed by atoms with Crippen LogP contribution in [0.3, 0.4) is 0 Å². The first-order valence-corrected chi connectivity index (χ1v) is 9.30. The summed E-state index contributed by atoms with van der Waals surface area (Å²) in [5.41, 5.74) is 2.74. The van der Waals surface area contributed by atoms with Crippen LogP contribution in [0.15, 0.2) is 35.8 Å². The van der Waals surface area contributed by atoms with Crippen molar-refractivity contribution in [2.24, 2.45) is 0 Å². The highest BCUT2D eigenvalue weighted by atomic mass is 32.1. The molecule has 8 heteroatoms. The highest BCUT2D eigenvalue weighted by Crippen LogP contribution is 2.21. The van der Waals surface area contributed by atoms with E-state index < -0.39 is 11.6 Å². The van der Waals surface area contributed by atoms with E-state index in [0.29, 0.717) is 11.4 Å². The molecule has 0 atom stereocenters. The SMILES string of the molecule is CCn1ncc(CNC(=O)c2cc(COc3ccc(F)cc3F)cs2)c1C. The van der Waals surface area contributed by atoms with Gasteiger partial charge in [-0.2, -0.15) is 5.10 Å². The fraction of sp³-hybridized carbons (Fsp3) is 0.263. The van der Waals surface area contributed by atoms with Crippen LogP contribution in [-0.4, -0.2) is 15.7 Å². The molecule has 142 valence electrons. The van der Waals surface area contributed by atoms with Crippen molar-refractivity contribution in [1.29, 1.82) is 0 Å². The van der Waals surface area contributed by atoms with Crippen LogP contribution >= 0.6 is 11.3 Å². The maximum atomic E-state index is 13.6. The lowest BCUT2D eigenvalue weighted by atomic mass is 10.2. The number of aromatic nitrogens is 2. The Morgan fingerprint density at radius 3 is 2.85 bits per heavy atom. The van der Waals surface area contributed by atoms with Gasteiger partial charge in [0.25, 0.3) is 5.91 Å². The Morgan fingerprint density at radius 1 is 1.33 bits per heavy atom. The number of rotatable bonds is 7. The van der Waals surface area contributed by atoms with Crippen molar-refractivity contribution < 1.29 is 18.3 Å². The first kappa shape index (κ1) is 19.0. The standard InChI is InChI=1S/C19H19F2N3O2S/c1-3-24-12(2)14(9-23-24)8-22-19(25)18-6-13(11-27-18)10-26-17-5-4-15(20)7-16(17)21/h4-7,9,11H,3,8,10H2,1-2H3,(H,22,25). The summed E-state index contributed by atoms with van der Waals surface area (Å²) < 4.78 is 33.7. The molecular weight excluding hydrogens is 372 g/mol. The Bertz CT molecular complexity index is 952. The molecule has 0 bridgehead atoms. The molecule has 0 unspecified atom stereocenters. The molecular formula is C19H19F2N3O2S. The number of hydrogen-bond donors (Lipinski definition) is 1. The van der Waals surface area contributed by atoms with Gasteiger partial charge in [0.05, 0.1) is 11.1 Å². The molecule has 1 aromatic carbocycles. The minimum absolute atomic E-state index is 0.0305. The summed E-state index contributed by atoms with van der Waals surface area (Å²) in [6.07, 6.45) is 1.75. The maximum absolute atomic E-state index is 13.6. The van der Waals surface area contributed by atoms with Crippen molar-refractivity contribution in [3.8, 4) is 5.75 Å². The highest BCUT2D eigenvalue weighted by molar-refractivity contribution is 7.12. The predicted molar refractivity (Wildman–Crippen MR) is 98.8 cm³/mol. The van der Waals surface area contributed by atoms with Gasteiger partial charge in [-0.15, -0.1) is 11.3 Å². The van der Waals surface area contributed by atoms with Crippen LogP contribution in [0.5, 0.6) is 5.75 Å². The molecule has 2 aromatic heterocycles. The fourth-order valence-electron chi connectivity index (χ4n) is 2.56. The van der Waals surface area contributed by atoms with Gasteiger partial charge in [-0.3, -0.25) is 9.48 Å². The van der Waals surface area contributed by atoms with Crippen LogP contribution in [0.25, 0.3) is 0 Å². The van der Waals surface area contributed by atoms with Crippen LogP contribution in [-0.2, 0) is 19.7 Å². The summed E-state index contributed by atoms with van der Waals surface area (Å²) in [6.45, 7) is 5.25. The molecule has 1 amide bonds. The van der Waals surface area contributed by atoms with Crippen LogP contribution in [0.1, 0.15) is 33.4 Å². The summed E-state index contributed by atoms with van der Waals surface area (Å²) >= 11 is 1.28. The van der Waals surface area contributed by atoms with Crippen molar-refractivity contribution in [2.45, 2.75) is 33.5 Å². The largest absolute Gasteiger partial charge is 0.486 e. The summed E-state index contributed by atoms with van der Waals surface area (Å²) in [5, 5.41) is 8.90. The lowest BCUT2D eigenvalue weighted by molar-refractivity contribution is 0.0955. The Kier molecular flexibility index (Phi) is 5.85. The number of carbonyl (C=O) groups is 1. The Morgan fingerprint density at radius 2 is 2.15 bits per heavy atom. The topological polar surface area (TPSA) is 56.2 Å². The van der Waals surface area contributed by atoms with Gasteiger partial charge in [-0.25, -0.2) is 8.78 Å². The van der Waals surface area contributed by atoms with Gasteiger partial charge in [-0.1, -0.05) is 0 Å². The molecule has 0 aliphatic carbocycles. The van der Waals surface area contributed by atoms with Gasteiger partial charge in [0.1, 0.15) is 12.4 Å². The fourth-order valence-corrected chi connectivity index (χ4v) is 3.38. The van der Waals surface area contributed by atoms with E-state index in [4.69, 9.17) is 4.74 Å². The minimum atomic E-state index is -0.758. The molecule has 0 saturated carbocycles. The third kappa shape index (κ3) is 4.51. The number of nitrogens with zero attached hydrogens (tertiary/aromatic N) is 2. The van der Waals surface area contributed by atoms with Gasteiger partial charge in [-0.05, 0) is 37.4 Å². The van der Waals surface area contributed by atoms with E-state index >= 15 is 0 Å². The zero-order chi connectivity index (χ0) is 19.4. The predicted octanol–water partition coefficient (Wildman–Crippen LogP) is 4.06. The molecule has 27 heavy (non-hydrogen) atoms. The molecule has 0 fully saturated rings. The number of amides is 1. The van der Waals surface area contributed by atoms with Crippen LogP contribution < -0.4 is 10.1 Å². The van der Waals surface area contributed by atoms with Crippen molar-refractivity contribution >= 4 is 17.2 Å². The number of carbonyl (C=O) groups excluding carboxylic acids is 1. The van der Waals surface area contributed by atoms with Crippen molar-refractivity contribution in [3.05, 3.63) is 69.2 Å². The number of benzene rings is 1. The number of halogens is 2. The maximum Gasteiger partial charge on any atom is 0.261 e. The quantitative estimate of drug-likeness (QED) is 0.661. The lowest BCUT2D eigenvalue weighted by Crippen LogP contribution is -2.22. The number of ether oxygens (including phenoxy) is 1. The third-order valence-corrected chi connectivity index (χ3v) is 5.09. The monoisotopic (exact) mass is 391 g/mol. The van der Waals surface area contributed by atoms with E-state index in [1.807, 2.05) is 18.5 Å². The van der Waals surface area contributed by atoms with Gasteiger partial charge in [0.2, 0.25) is 0 Å². The molecule has 2 heterocycles. The Labute approximate surface area is 159 Å². The molecule has 3 rings (SSSR count). The number of nitrogens with one attached hydrogen (secondary N) is 1. The molecule has 0 saturated heterocycles. The van der Waals surface area contributed by atoms with E-state index in [0.717, 1.165) is 35.5 Å². The number of aryl methyl sites for hydroxylation is 1. The summed E-state index contributed by atoms with van der Waals surface area (Å²) in [7, 11) is 0. The van der Waals surface area contributed by atoms with Gasteiger partial charge >= 0.3 is 0 Å². The average molecular weight is 391 g/mol. The van der Waals surface area contributed by atoms with Crippen LogP contribution in [0.2, 0.25) is 0 Å². The first-order valence-electron chi connectivity index (χ1n) is 8.42. The van der Waals surface area contributed by atoms with Crippen LogP contribution in [0.4, 0.5) is 8.78 Å². The molecule has 1 N–H and O–H groups in total. The van der Waals surface area contributed by atoms with E-state index in [9.17, 15) is 13.6 Å². The zero-order valence-corrected chi connectivity index (χ0v) is 15.8. The second-order valence-electron chi connectivity index (χ2n) is 5.94. The highest BCUT2D eigenvalue weighted by Gasteiger charge is 2.12. The summed E-state index contributed by atoms with van der Waals surface area (Å²) in [5.74, 6) is -1.64. The van der Waals surface area contributed by atoms with Crippen molar-refractivity contribution in [1.82, 2.24) is 15.1 Å². The van der Waals surface area contributed by atoms with E-state index in [-0.39, 0.29) is 18.3 Å². The third-order valence-electron chi connectivity index (χ3n) is 4.11. The van der Waals surface area contributed by atoms with E-state index in [2.05, 4.69) is 10.4 Å². The van der Waals surface area contributed by atoms with Gasteiger partial charge in [0, 0.05) is 36.0 Å². The van der Waals surface area contributed by atoms with E-state index in [1.54, 1.807) is 17.6 Å². The number of hydrogen-bond acceptors (Lipinski definition) is 4. The smallest absolute Gasteiger partial charge is 0.261 e. The molecule has 0 radical (unpaired) electrons. The van der Waals surface area contributed by atoms with Gasteiger partial charge < -0.3 is 10.1 Å². The second kappa shape index (κ2) is 8.30. The zero-order valence-electron chi connectivity index (χ0n) is 15.0. The van der Waals surface area contributed by atoms with Crippen molar-refractivity contribution in [2.75, 3.05) is 0 Å². The number of thiophene rings is 1. The average Bonchev–Trinajstić information content (AvgIpc) is 3.26. The summed E-state index contributed by atoms with van der Waals surface area (Å²) in [6, 6.07) is 4.84. The second-order valence-corrected chi connectivity index (χ2v) is 6.85. The Balaban J connectivity index is 1.56. The molecule has 0 aliphatic heterocycles. The lowest BCUT2D eigenvalue weighted by Gasteiger charge is -2.06. The Hall–Kier alpha value is -2.74. The molecule has 5 nitrogen and oxygen atoms in total. The van der Waals surface area contributed by atoms with Crippen molar-refractivity contribution in [3.63, 3.8) is 0 Å². The van der Waals surface area contributed by atoms with E-state index in [1.165, 1.54) is 17.4 Å². The van der Waals surface area contributed by atoms with Gasteiger partial charge in [0.15, 0.2) is 11.6 Å².